The van der Waals surface area contributed by atoms with Crippen LogP contribution in [-0.2, 0) is 5.41 Å². The molecular weight excluding hydrogens is 230 g/mol. The van der Waals surface area contributed by atoms with Crippen LogP contribution < -0.4 is 5.46 Å². The molecule has 0 saturated heterocycles. The first-order valence-electron chi connectivity index (χ1n) is 4.91. The third-order valence-corrected chi connectivity index (χ3v) is 2.99. The lowest BCUT2D eigenvalue weighted by molar-refractivity contribution is 0.588. The lowest BCUT2D eigenvalue weighted by Gasteiger charge is -2.21. The Kier molecular flexibility index (Phi) is 3.75. The van der Waals surface area contributed by atoms with Crippen molar-refractivity contribution in [2.45, 2.75) is 33.0 Å². The molecule has 1 nitrogen and oxygen atoms in total. The first-order chi connectivity index (χ1) is 6.73. The Morgan fingerprint density at radius 2 is 1.53 bits per heavy atom. The Bertz CT molecular complexity index is 346. The van der Waals surface area contributed by atoms with Crippen LogP contribution >= 0.6 is 23.2 Å². The average Bonchev–Trinajstić information content (AvgIpc) is 1.99. The van der Waals surface area contributed by atoms with Crippen LogP contribution in [0.25, 0.3) is 0 Å². The van der Waals surface area contributed by atoms with E-state index in [1.54, 1.807) is 6.82 Å². The molecule has 0 saturated carbocycles. The van der Waals surface area contributed by atoms with E-state index in [2.05, 4.69) is 20.8 Å². The van der Waals surface area contributed by atoms with Gasteiger partial charge >= 0.3 is 6.92 Å². The van der Waals surface area contributed by atoms with Gasteiger partial charge in [0.2, 0.25) is 0 Å². The van der Waals surface area contributed by atoms with Gasteiger partial charge in [0, 0.05) is 10.0 Å². The second-order valence-electron chi connectivity index (χ2n) is 4.78. The van der Waals surface area contributed by atoms with E-state index in [0.717, 1.165) is 5.56 Å². The van der Waals surface area contributed by atoms with E-state index in [-0.39, 0.29) is 5.41 Å². The fourth-order valence-electron chi connectivity index (χ4n) is 1.42. The second-order valence-corrected chi connectivity index (χ2v) is 5.59. The Morgan fingerprint density at radius 1 is 1.13 bits per heavy atom. The number of hydrogen-bond acceptors (Lipinski definition) is 1. The van der Waals surface area contributed by atoms with Crippen LogP contribution in [0.15, 0.2) is 12.1 Å². The van der Waals surface area contributed by atoms with E-state index in [4.69, 9.17) is 23.2 Å². The maximum absolute atomic E-state index is 9.51. The van der Waals surface area contributed by atoms with Crippen molar-refractivity contribution in [2.24, 2.45) is 0 Å². The molecule has 0 heterocycles. The Hall–Kier alpha value is -0.175. The molecule has 0 fully saturated rings. The summed E-state index contributed by atoms with van der Waals surface area (Å²) in [4.78, 5) is 0. The smallest absolute Gasteiger partial charge is 0.323 e. The molecule has 1 aromatic rings. The van der Waals surface area contributed by atoms with Crippen molar-refractivity contribution in [2.75, 3.05) is 0 Å². The van der Waals surface area contributed by atoms with Crippen molar-refractivity contribution in [3.8, 4) is 0 Å². The molecule has 15 heavy (non-hydrogen) atoms. The Morgan fingerprint density at radius 3 is 1.80 bits per heavy atom. The minimum Gasteiger partial charge on any atom is -0.446 e. The highest BCUT2D eigenvalue weighted by Gasteiger charge is 2.21. The summed E-state index contributed by atoms with van der Waals surface area (Å²) in [5, 5.41) is 10.6. The topological polar surface area (TPSA) is 20.2 Å². The zero-order valence-corrected chi connectivity index (χ0v) is 10.9. The van der Waals surface area contributed by atoms with Gasteiger partial charge in [-0.25, -0.2) is 0 Å². The number of benzene rings is 1. The Balaban J connectivity index is 3.32. The second kappa shape index (κ2) is 4.36. The SMILES string of the molecule is CB(O)c1c(Cl)cc(C(C)(C)C)cc1Cl. The van der Waals surface area contributed by atoms with E-state index in [1.165, 1.54) is 0 Å². The van der Waals surface area contributed by atoms with E-state index in [1.807, 2.05) is 12.1 Å². The molecule has 82 valence electrons. The quantitative estimate of drug-likeness (QED) is 0.753. The summed E-state index contributed by atoms with van der Waals surface area (Å²) in [5.74, 6) is 0. The molecule has 1 N–H and O–H groups in total. The van der Waals surface area contributed by atoms with Crippen molar-refractivity contribution in [3.05, 3.63) is 27.7 Å². The summed E-state index contributed by atoms with van der Waals surface area (Å²) in [6.07, 6.45) is 0. The number of rotatable bonds is 1. The summed E-state index contributed by atoms with van der Waals surface area (Å²) < 4.78 is 0. The third-order valence-electron chi connectivity index (χ3n) is 2.36. The van der Waals surface area contributed by atoms with Gasteiger partial charge in [0.1, 0.15) is 0 Å². The zero-order valence-electron chi connectivity index (χ0n) is 9.44. The molecule has 0 atom stereocenters. The molecule has 1 aromatic carbocycles. The molecular formula is C11H15BCl2O. The van der Waals surface area contributed by atoms with Crippen LogP contribution in [0.4, 0.5) is 0 Å². The van der Waals surface area contributed by atoms with Crippen molar-refractivity contribution in [1.82, 2.24) is 0 Å². The molecule has 0 bridgehead atoms. The lowest BCUT2D eigenvalue weighted by Crippen LogP contribution is -2.29. The normalized spacial score (nSPS) is 11.7. The summed E-state index contributed by atoms with van der Waals surface area (Å²) in [7, 11) is 0. The highest BCUT2D eigenvalue weighted by atomic mass is 35.5. The van der Waals surface area contributed by atoms with Crippen molar-refractivity contribution in [1.29, 1.82) is 0 Å². The third kappa shape index (κ3) is 2.90. The molecule has 0 aromatic heterocycles. The van der Waals surface area contributed by atoms with Crippen LogP contribution in [0.2, 0.25) is 16.9 Å². The fraction of sp³-hybridized carbons (Fsp3) is 0.455. The Labute approximate surface area is 102 Å². The molecule has 0 aliphatic carbocycles. The van der Waals surface area contributed by atoms with Crippen LogP contribution in [0, 0.1) is 0 Å². The molecule has 0 unspecified atom stereocenters. The predicted octanol–water partition coefficient (Wildman–Crippen LogP) is 3.11. The molecule has 1 rings (SSSR count). The van der Waals surface area contributed by atoms with E-state index < -0.39 is 6.92 Å². The van der Waals surface area contributed by atoms with Gasteiger partial charge in [0.25, 0.3) is 0 Å². The fourth-order valence-corrected chi connectivity index (χ4v) is 2.22. The molecule has 0 aliphatic rings. The average molecular weight is 245 g/mol. The van der Waals surface area contributed by atoms with Crippen LogP contribution in [0.1, 0.15) is 26.3 Å². The highest BCUT2D eigenvalue weighted by molar-refractivity contribution is 6.71. The van der Waals surface area contributed by atoms with Crippen molar-refractivity contribution in [3.63, 3.8) is 0 Å². The highest BCUT2D eigenvalue weighted by Crippen LogP contribution is 2.27. The van der Waals surface area contributed by atoms with E-state index in [0.29, 0.717) is 15.5 Å². The van der Waals surface area contributed by atoms with Gasteiger partial charge in [-0.3, -0.25) is 0 Å². The van der Waals surface area contributed by atoms with Crippen molar-refractivity contribution < 1.29 is 5.02 Å². The van der Waals surface area contributed by atoms with Gasteiger partial charge in [-0.2, -0.15) is 0 Å². The lowest BCUT2D eigenvalue weighted by atomic mass is 9.64. The van der Waals surface area contributed by atoms with Gasteiger partial charge in [0.15, 0.2) is 0 Å². The maximum atomic E-state index is 9.51. The van der Waals surface area contributed by atoms with Gasteiger partial charge in [-0.1, -0.05) is 50.8 Å². The molecule has 0 spiro atoms. The maximum Gasteiger partial charge on any atom is 0.323 e. The van der Waals surface area contributed by atoms with E-state index >= 15 is 0 Å². The van der Waals surface area contributed by atoms with Crippen molar-refractivity contribution >= 4 is 35.6 Å². The molecule has 0 aliphatic heterocycles. The summed E-state index contributed by atoms with van der Waals surface area (Å²) in [6.45, 7) is 7.30. The zero-order chi connectivity index (χ0) is 11.8. The van der Waals surface area contributed by atoms with Gasteiger partial charge < -0.3 is 5.02 Å². The van der Waals surface area contributed by atoms with E-state index in [9.17, 15) is 5.02 Å². The molecule has 4 heteroatoms. The first-order valence-corrected chi connectivity index (χ1v) is 5.66. The van der Waals surface area contributed by atoms with Gasteiger partial charge in [-0.05, 0) is 28.6 Å². The minimum atomic E-state index is -0.640. The molecule has 0 amide bonds. The van der Waals surface area contributed by atoms with Crippen LogP contribution in [0.5, 0.6) is 0 Å². The van der Waals surface area contributed by atoms with Crippen LogP contribution in [-0.4, -0.2) is 11.9 Å². The summed E-state index contributed by atoms with van der Waals surface area (Å²) in [5.41, 5.74) is 1.68. The predicted molar refractivity (Wildman–Crippen MR) is 68.6 cm³/mol. The van der Waals surface area contributed by atoms with Gasteiger partial charge in [0.05, 0.1) is 0 Å². The monoisotopic (exact) mass is 244 g/mol. The number of hydrogen-bond donors (Lipinski definition) is 1. The minimum absolute atomic E-state index is 0.00447. The summed E-state index contributed by atoms with van der Waals surface area (Å²) >= 11 is 12.2. The summed E-state index contributed by atoms with van der Waals surface area (Å²) in [6, 6.07) is 3.74. The first kappa shape index (κ1) is 12.9. The number of halogens is 2. The largest absolute Gasteiger partial charge is 0.446 e. The van der Waals surface area contributed by atoms with Crippen LogP contribution in [0.3, 0.4) is 0 Å². The van der Waals surface area contributed by atoms with Gasteiger partial charge in [-0.15, -0.1) is 0 Å². The standard InChI is InChI=1S/C11H15BCl2O/c1-11(2,3)7-5-8(13)10(12(4)15)9(14)6-7/h5-6,15H,1-4H3. The molecule has 0 radical (unpaired) electrons.